The van der Waals surface area contributed by atoms with E-state index in [2.05, 4.69) is 26.9 Å². The molecule has 0 aliphatic carbocycles. The van der Waals surface area contributed by atoms with Gasteiger partial charge in [0.1, 0.15) is 11.3 Å². The predicted octanol–water partition coefficient (Wildman–Crippen LogP) is 1.70. The molecule has 5 heteroatoms. The predicted molar refractivity (Wildman–Crippen MR) is 56.8 cm³/mol. The van der Waals surface area contributed by atoms with Gasteiger partial charge in [0, 0.05) is 6.42 Å². The number of H-pyrrole nitrogens is 1. The third kappa shape index (κ3) is 2.06. The lowest BCUT2D eigenvalue weighted by atomic mass is 10.2. The number of ether oxygens (including phenoxy) is 1. The SMILES string of the molecule is CCCCc1nc2nc(OC)ncc2[nH]1. The number of hydrogen-bond donors (Lipinski definition) is 1. The van der Waals surface area contributed by atoms with E-state index in [9.17, 15) is 0 Å². The first-order valence-corrected chi connectivity index (χ1v) is 5.09. The lowest BCUT2D eigenvalue weighted by Gasteiger charge is -1.93. The zero-order valence-corrected chi connectivity index (χ0v) is 8.95. The minimum Gasteiger partial charge on any atom is -0.467 e. The number of aryl methyl sites for hydroxylation is 1. The molecule has 80 valence electrons. The number of hydrogen-bond acceptors (Lipinski definition) is 4. The number of nitrogens with one attached hydrogen (secondary N) is 1. The van der Waals surface area contributed by atoms with Gasteiger partial charge in [-0.1, -0.05) is 13.3 Å². The summed E-state index contributed by atoms with van der Waals surface area (Å²) in [4.78, 5) is 15.7. The average Bonchev–Trinajstić information content (AvgIpc) is 2.67. The van der Waals surface area contributed by atoms with E-state index in [1.165, 1.54) is 0 Å². The van der Waals surface area contributed by atoms with Crippen LogP contribution in [0.4, 0.5) is 0 Å². The van der Waals surface area contributed by atoms with Crippen LogP contribution in [-0.2, 0) is 6.42 Å². The van der Waals surface area contributed by atoms with Crippen LogP contribution in [-0.4, -0.2) is 27.0 Å². The molecule has 0 saturated heterocycles. The second kappa shape index (κ2) is 4.25. The fraction of sp³-hybridized carbons (Fsp3) is 0.500. The smallest absolute Gasteiger partial charge is 0.318 e. The normalized spacial score (nSPS) is 10.8. The Labute approximate surface area is 87.9 Å². The van der Waals surface area contributed by atoms with Gasteiger partial charge < -0.3 is 9.72 Å². The molecule has 5 nitrogen and oxygen atoms in total. The lowest BCUT2D eigenvalue weighted by Crippen LogP contribution is -1.90. The van der Waals surface area contributed by atoms with Crippen molar-refractivity contribution in [3.63, 3.8) is 0 Å². The van der Waals surface area contributed by atoms with Crippen LogP contribution in [0.25, 0.3) is 11.2 Å². The number of fused-ring (bicyclic) bond motifs is 1. The van der Waals surface area contributed by atoms with Crippen LogP contribution in [0.2, 0.25) is 0 Å². The Hall–Kier alpha value is -1.65. The molecule has 2 aromatic heterocycles. The van der Waals surface area contributed by atoms with E-state index in [-0.39, 0.29) is 0 Å². The first kappa shape index (κ1) is 9.89. The van der Waals surface area contributed by atoms with E-state index in [0.29, 0.717) is 11.7 Å². The zero-order chi connectivity index (χ0) is 10.7. The topological polar surface area (TPSA) is 63.7 Å². The van der Waals surface area contributed by atoms with Crippen LogP contribution in [0.15, 0.2) is 6.20 Å². The van der Waals surface area contributed by atoms with Crippen LogP contribution < -0.4 is 4.74 Å². The lowest BCUT2D eigenvalue weighted by molar-refractivity contribution is 0.381. The molecule has 0 aliphatic heterocycles. The van der Waals surface area contributed by atoms with Gasteiger partial charge in [0.05, 0.1) is 13.3 Å². The summed E-state index contributed by atoms with van der Waals surface area (Å²) in [6, 6.07) is 0.357. The molecule has 0 unspecified atom stereocenters. The quantitative estimate of drug-likeness (QED) is 0.827. The first-order chi connectivity index (χ1) is 7.33. The molecule has 2 rings (SSSR count). The summed E-state index contributed by atoms with van der Waals surface area (Å²) in [5.41, 5.74) is 1.54. The number of rotatable bonds is 4. The van der Waals surface area contributed by atoms with Crippen LogP contribution in [0.1, 0.15) is 25.6 Å². The van der Waals surface area contributed by atoms with E-state index in [1.807, 2.05) is 0 Å². The fourth-order valence-electron chi connectivity index (χ4n) is 1.40. The van der Waals surface area contributed by atoms with Gasteiger partial charge in [-0.05, 0) is 6.42 Å². The Kier molecular flexibility index (Phi) is 2.80. The molecule has 2 heterocycles. The molecule has 0 bridgehead atoms. The second-order valence-electron chi connectivity index (χ2n) is 3.38. The maximum atomic E-state index is 4.94. The molecule has 0 radical (unpaired) electrons. The highest BCUT2D eigenvalue weighted by molar-refractivity contribution is 5.69. The Bertz CT molecular complexity index is 452. The van der Waals surface area contributed by atoms with Gasteiger partial charge in [0.15, 0.2) is 5.65 Å². The van der Waals surface area contributed by atoms with E-state index in [0.717, 1.165) is 30.6 Å². The van der Waals surface area contributed by atoms with Crippen molar-refractivity contribution in [1.29, 1.82) is 0 Å². The van der Waals surface area contributed by atoms with Crippen LogP contribution in [0.5, 0.6) is 6.01 Å². The molecule has 0 atom stereocenters. The molecule has 0 aromatic carbocycles. The average molecular weight is 206 g/mol. The Morgan fingerprint density at radius 1 is 1.40 bits per heavy atom. The molecule has 0 spiro atoms. The first-order valence-electron chi connectivity index (χ1n) is 5.09. The van der Waals surface area contributed by atoms with Crippen LogP contribution in [0.3, 0.4) is 0 Å². The molecule has 0 amide bonds. The largest absolute Gasteiger partial charge is 0.467 e. The number of nitrogens with zero attached hydrogens (tertiary/aromatic N) is 3. The maximum Gasteiger partial charge on any atom is 0.318 e. The van der Waals surface area contributed by atoms with Crippen molar-refractivity contribution in [2.45, 2.75) is 26.2 Å². The molecule has 15 heavy (non-hydrogen) atoms. The monoisotopic (exact) mass is 206 g/mol. The minimum atomic E-state index is 0.357. The number of aromatic amines is 1. The van der Waals surface area contributed by atoms with Crippen LogP contribution >= 0.6 is 0 Å². The van der Waals surface area contributed by atoms with Crippen LogP contribution in [0, 0.1) is 0 Å². The summed E-state index contributed by atoms with van der Waals surface area (Å²) < 4.78 is 4.94. The summed E-state index contributed by atoms with van der Waals surface area (Å²) >= 11 is 0. The van der Waals surface area contributed by atoms with Crippen molar-refractivity contribution in [1.82, 2.24) is 19.9 Å². The fourth-order valence-corrected chi connectivity index (χ4v) is 1.40. The van der Waals surface area contributed by atoms with Crippen molar-refractivity contribution in [3.8, 4) is 6.01 Å². The third-order valence-electron chi connectivity index (χ3n) is 2.22. The van der Waals surface area contributed by atoms with Crippen molar-refractivity contribution in [3.05, 3.63) is 12.0 Å². The van der Waals surface area contributed by atoms with Gasteiger partial charge in [-0.15, -0.1) is 0 Å². The van der Waals surface area contributed by atoms with E-state index >= 15 is 0 Å². The highest BCUT2D eigenvalue weighted by Crippen LogP contribution is 2.12. The molecule has 0 fully saturated rings. The van der Waals surface area contributed by atoms with E-state index in [4.69, 9.17) is 4.74 Å². The summed E-state index contributed by atoms with van der Waals surface area (Å²) in [5.74, 6) is 0.967. The summed E-state index contributed by atoms with van der Waals surface area (Å²) in [6.45, 7) is 2.16. The van der Waals surface area contributed by atoms with Crippen molar-refractivity contribution in [2.75, 3.05) is 7.11 Å². The van der Waals surface area contributed by atoms with E-state index in [1.54, 1.807) is 13.3 Å². The Morgan fingerprint density at radius 3 is 3.00 bits per heavy atom. The minimum absolute atomic E-state index is 0.357. The molecular formula is C10H14N4O. The van der Waals surface area contributed by atoms with Crippen molar-refractivity contribution >= 4 is 11.2 Å². The molecule has 0 saturated carbocycles. The van der Waals surface area contributed by atoms with E-state index < -0.39 is 0 Å². The zero-order valence-electron chi connectivity index (χ0n) is 8.95. The second-order valence-corrected chi connectivity index (χ2v) is 3.38. The third-order valence-corrected chi connectivity index (χ3v) is 2.22. The molecule has 1 N–H and O–H groups in total. The number of aromatic nitrogens is 4. The van der Waals surface area contributed by atoms with Gasteiger partial charge in [-0.2, -0.15) is 4.98 Å². The summed E-state index contributed by atoms with van der Waals surface area (Å²) in [5, 5.41) is 0. The highest BCUT2D eigenvalue weighted by atomic mass is 16.5. The maximum absolute atomic E-state index is 4.94. The number of methoxy groups -OCH3 is 1. The highest BCUT2D eigenvalue weighted by Gasteiger charge is 2.05. The molecule has 0 aliphatic rings. The van der Waals surface area contributed by atoms with Gasteiger partial charge in [0.2, 0.25) is 0 Å². The van der Waals surface area contributed by atoms with Gasteiger partial charge in [-0.3, -0.25) is 0 Å². The van der Waals surface area contributed by atoms with Crippen molar-refractivity contribution < 1.29 is 4.74 Å². The van der Waals surface area contributed by atoms with Crippen molar-refractivity contribution in [2.24, 2.45) is 0 Å². The van der Waals surface area contributed by atoms with Gasteiger partial charge >= 0.3 is 6.01 Å². The summed E-state index contributed by atoms with van der Waals surface area (Å²) in [7, 11) is 1.55. The molecular weight excluding hydrogens is 192 g/mol. The van der Waals surface area contributed by atoms with Gasteiger partial charge in [0.25, 0.3) is 0 Å². The summed E-state index contributed by atoms with van der Waals surface area (Å²) in [6.07, 6.45) is 4.94. The number of unbranched alkanes of at least 4 members (excludes halogenated alkanes) is 1. The van der Waals surface area contributed by atoms with Gasteiger partial charge in [-0.25, -0.2) is 9.97 Å². The Morgan fingerprint density at radius 2 is 2.27 bits per heavy atom. The Balaban J connectivity index is 2.29. The standard InChI is InChI=1S/C10H14N4O/c1-3-4-5-8-12-7-6-11-10(15-2)14-9(7)13-8/h6H,3-5H2,1-2H3,(H,11,12,13,14). The molecule has 2 aromatic rings. The number of imidazole rings is 1.